The summed E-state index contributed by atoms with van der Waals surface area (Å²) in [5.74, 6) is 0.716. The maximum absolute atomic E-state index is 11.7. The van der Waals surface area contributed by atoms with Crippen LogP contribution < -0.4 is 5.56 Å². The summed E-state index contributed by atoms with van der Waals surface area (Å²) in [5.41, 5.74) is 2.95. The number of fused-ring (bicyclic) bond motifs is 1. The monoisotopic (exact) mass is 264 g/mol. The maximum Gasteiger partial charge on any atom is 0.250 e. The van der Waals surface area contributed by atoms with Crippen molar-refractivity contribution in [3.05, 3.63) is 52.4 Å². The summed E-state index contributed by atoms with van der Waals surface area (Å²) in [6.07, 6.45) is 1.72. The summed E-state index contributed by atoms with van der Waals surface area (Å²) in [7, 11) is 3.61. The van der Waals surface area contributed by atoms with E-state index in [9.17, 15) is 4.79 Å². The third-order valence-corrected chi connectivity index (χ3v) is 3.37. The van der Waals surface area contributed by atoms with Crippen LogP contribution in [0.1, 0.15) is 5.56 Å². The highest BCUT2D eigenvalue weighted by Gasteiger charge is 2.11. The first-order valence-electron chi connectivity index (χ1n) is 6.14. The van der Waals surface area contributed by atoms with Crippen LogP contribution in [-0.4, -0.2) is 14.1 Å². The lowest BCUT2D eigenvalue weighted by Gasteiger charge is -2.03. The van der Waals surface area contributed by atoms with Gasteiger partial charge < -0.3 is 9.13 Å². The fourth-order valence-corrected chi connectivity index (χ4v) is 2.22. The first-order valence-corrected chi connectivity index (χ1v) is 6.14. The molecular formula is C15H12N4O. The number of aromatic nitrogens is 3. The lowest BCUT2D eigenvalue weighted by Crippen LogP contribution is -2.14. The van der Waals surface area contributed by atoms with Gasteiger partial charge in [-0.25, -0.2) is 4.98 Å². The topological polar surface area (TPSA) is 63.6 Å². The summed E-state index contributed by atoms with van der Waals surface area (Å²) >= 11 is 0. The minimum absolute atomic E-state index is 0.0766. The molecule has 2 aromatic heterocycles. The minimum atomic E-state index is -0.0766. The normalized spacial score (nSPS) is 10.7. The van der Waals surface area contributed by atoms with Gasteiger partial charge in [-0.2, -0.15) is 5.26 Å². The molecule has 0 fully saturated rings. The summed E-state index contributed by atoms with van der Waals surface area (Å²) in [6.45, 7) is 0. The van der Waals surface area contributed by atoms with E-state index < -0.39 is 0 Å². The lowest BCUT2D eigenvalue weighted by molar-refractivity contribution is 0.858. The number of aryl methyl sites for hydroxylation is 2. The molecule has 2 heterocycles. The summed E-state index contributed by atoms with van der Waals surface area (Å²) in [4.78, 5) is 16.2. The molecule has 5 nitrogen and oxygen atoms in total. The van der Waals surface area contributed by atoms with Gasteiger partial charge in [0.1, 0.15) is 5.82 Å². The number of nitrogens with zero attached hydrogens (tertiary/aromatic N) is 4. The third-order valence-electron chi connectivity index (χ3n) is 3.37. The van der Waals surface area contributed by atoms with E-state index in [2.05, 4.69) is 11.1 Å². The molecule has 0 atom stereocenters. The smallest absolute Gasteiger partial charge is 0.250 e. The molecule has 0 aliphatic carbocycles. The van der Waals surface area contributed by atoms with Crippen molar-refractivity contribution in [2.75, 3.05) is 0 Å². The molecular weight excluding hydrogens is 252 g/mol. The van der Waals surface area contributed by atoms with Crippen LogP contribution in [0.25, 0.3) is 22.4 Å². The van der Waals surface area contributed by atoms with Crippen molar-refractivity contribution in [1.29, 1.82) is 5.26 Å². The van der Waals surface area contributed by atoms with Gasteiger partial charge in [-0.3, -0.25) is 4.79 Å². The highest BCUT2D eigenvalue weighted by Crippen LogP contribution is 2.23. The highest BCUT2D eigenvalue weighted by atomic mass is 16.1. The van der Waals surface area contributed by atoms with Gasteiger partial charge in [-0.15, -0.1) is 0 Å². The Bertz CT molecular complexity index is 912. The average Bonchev–Trinajstić information content (AvgIpc) is 2.78. The van der Waals surface area contributed by atoms with E-state index in [0.717, 1.165) is 16.6 Å². The van der Waals surface area contributed by atoms with Crippen LogP contribution in [0.5, 0.6) is 0 Å². The standard InChI is InChI=1S/C15H12N4O/c1-18-6-5-11(8-14(18)20)15-17-12-7-10(9-16)3-4-13(12)19(15)2/h3-8H,1-2H3. The Morgan fingerprint density at radius 3 is 2.70 bits per heavy atom. The van der Waals surface area contributed by atoms with E-state index in [-0.39, 0.29) is 5.56 Å². The zero-order valence-corrected chi connectivity index (χ0v) is 11.2. The van der Waals surface area contributed by atoms with Gasteiger partial charge in [0, 0.05) is 31.9 Å². The van der Waals surface area contributed by atoms with Crippen molar-refractivity contribution in [2.24, 2.45) is 14.1 Å². The number of benzene rings is 1. The van der Waals surface area contributed by atoms with Gasteiger partial charge in [0.05, 0.1) is 22.7 Å². The maximum atomic E-state index is 11.7. The van der Waals surface area contributed by atoms with Crippen molar-refractivity contribution < 1.29 is 0 Å². The molecule has 1 aromatic carbocycles. The number of imidazole rings is 1. The van der Waals surface area contributed by atoms with Crippen molar-refractivity contribution in [3.8, 4) is 17.5 Å². The number of rotatable bonds is 1. The SMILES string of the molecule is Cn1ccc(-c2nc3cc(C#N)ccc3n2C)cc1=O. The molecule has 3 rings (SSSR count). The lowest BCUT2D eigenvalue weighted by atomic mass is 10.2. The van der Waals surface area contributed by atoms with Crippen LogP contribution in [-0.2, 0) is 14.1 Å². The van der Waals surface area contributed by atoms with Gasteiger partial charge >= 0.3 is 0 Å². The van der Waals surface area contributed by atoms with Gasteiger partial charge in [0.2, 0.25) is 0 Å². The van der Waals surface area contributed by atoms with Crippen LogP contribution in [0.3, 0.4) is 0 Å². The number of hydrogen-bond donors (Lipinski definition) is 0. The molecule has 0 bridgehead atoms. The van der Waals surface area contributed by atoms with Gasteiger partial charge in [0.25, 0.3) is 5.56 Å². The molecule has 0 aliphatic heterocycles. The van der Waals surface area contributed by atoms with E-state index in [4.69, 9.17) is 5.26 Å². The molecule has 5 heteroatoms. The molecule has 20 heavy (non-hydrogen) atoms. The van der Waals surface area contributed by atoms with E-state index in [1.807, 2.05) is 23.7 Å². The second kappa shape index (κ2) is 4.35. The predicted octanol–water partition coefficient (Wildman–Crippen LogP) is 1.81. The molecule has 0 saturated carbocycles. The van der Waals surface area contributed by atoms with Crippen LogP contribution in [0, 0.1) is 11.3 Å². The summed E-state index contributed by atoms with van der Waals surface area (Å²) < 4.78 is 3.44. The molecule has 98 valence electrons. The van der Waals surface area contributed by atoms with E-state index in [1.54, 1.807) is 31.4 Å². The number of pyridine rings is 1. The number of hydrogen-bond acceptors (Lipinski definition) is 3. The molecule has 0 unspecified atom stereocenters. The fraction of sp³-hybridized carbons (Fsp3) is 0.133. The summed E-state index contributed by atoms with van der Waals surface area (Å²) in [5, 5.41) is 8.93. The first-order chi connectivity index (χ1) is 9.60. The molecule has 0 amide bonds. The van der Waals surface area contributed by atoms with Crippen LogP contribution in [0.15, 0.2) is 41.3 Å². The Hall–Kier alpha value is -2.87. The minimum Gasteiger partial charge on any atom is -0.327 e. The van der Waals surface area contributed by atoms with E-state index in [1.165, 1.54) is 4.57 Å². The van der Waals surface area contributed by atoms with Gasteiger partial charge in [-0.1, -0.05) is 0 Å². The first kappa shape index (κ1) is 12.2. The van der Waals surface area contributed by atoms with Crippen LogP contribution in [0.2, 0.25) is 0 Å². The Labute approximate surface area is 115 Å². The Kier molecular flexibility index (Phi) is 2.65. The van der Waals surface area contributed by atoms with Gasteiger partial charge in [-0.05, 0) is 24.3 Å². The quantitative estimate of drug-likeness (QED) is 0.673. The second-order valence-corrected chi connectivity index (χ2v) is 4.67. The zero-order valence-electron chi connectivity index (χ0n) is 11.2. The zero-order chi connectivity index (χ0) is 14.3. The highest BCUT2D eigenvalue weighted by molar-refractivity contribution is 5.81. The molecule has 0 aliphatic rings. The van der Waals surface area contributed by atoms with E-state index in [0.29, 0.717) is 11.4 Å². The molecule has 0 radical (unpaired) electrons. The molecule has 3 aromatic rings. The van der Waals surface area contributed by atoms with Crippen molar-refractivity contribution in [2.45, 2.75) is 0 Å². The van der Waals surface area contributed by atoms with Crippen molar-refractivity contribution in [1.82, 2.24) is 14.1 Å². The second-order valence-electron chi connectivity index (χ2n) is 4.67. The van der Waals surface area contributed by atoms with E-state index >= 15 is 0 Å². The van der Waals surface area contributed by atoms with Crippen LogP contribution in [0.4, 0.5) is 0 Å². The molecule has 0 spiro atoms. The van der Waals surface area contributed by atoms with Crippen molar-refractivity contribution >= 4 is 11.0 Å². The van der Waals surface area contributed by atoms with Crippen molar-refractivity contribution in [3.63, 3.8) is 0 Å². The average molecular weight is 264 g/mol. The predicted molar refractivity (Wildman–Crippen MR) is 76.1 cm³/mol. The van der Waals surface area contributed by atoms with Crippen LogP contribution >= 0.6 is 0 Å². The van der Waals surface area contributed by atoms with Gasteiger partial charge in [0.15, 0.2) is 0 Å². The summed E-state index contributed by atoms with van der Waals surface area (Å²) in [6, 6.07) is 10.9. The third kappa shape index (κ3) is 1.79. The molecule has 0 N–H and O–H groups in total. The molecule has 0 saturated heterocycles. The largest absolute Gasteiger partial charge is 0.327 e. The fourth-order valence-electron chi connectivity index (χ4n) is 2.22. The Morgan fingerprint density at radius 2 is 2.00 bits per heavy atom. The number of nitriles is 1. The Balaban J connectivity index is 2.26. The Morgan fingerprint density at radius 1 is 1.20 bits per heavy atom.